The van der Waals surface area contributed by atoms with Gasteiger partial charge in [-0.1, -0.05) is 90.5 Å². The molecule has 0 aliphatic heterocycles. The Bertz CT molecular complexity index is 1390. The quantitative estimate of drug-likeness (QED) is 0.340. The Morgan fingerprint density at radius 2 is 1.31 bits per heavy atom. The van der Waals surface area contributed by atoms with Crippen LogP contribution < -0.4 is 5.32 Å². The lowest BCUT2D eigenvalue weighted by Crippen LogP contribution is -2.13. The molecular weight excluding hydrogens is 392 g/mol. The van der Waals surface area contributed by atoms with Crippen LogP contribution in [0.1, 0.15) is 15.9 Å². The van der Waals surface area contributed by atoms with E-state index >= 15 is 0 Å². The van der Waals surface area contributed by atoms with Gasteiger partial charge in [0, 0.05) is 16.6 Å². The van der Waals surface area contributed by atoms with E-state index in [1.807, 2.05) is 79.7 Å². The molecule has 5 rings (SSSR count). The Balaban J connectivity index is 1.53. The van der Waals surface area contributed by atoms with Gasteiger partial charge >= 0.3 is 0 Å². The molecular formula is C29H22N2O. The average Bonchev–Trinajstić information content (AvgIpc) is 2.85. The normalized spacial score (nSPS) is 10.8. The van der Waals surface area contributed by atoms with Gasteiger partial charge in [0.05, 0.1) is 16.8 Å². The van der Waals surface area contributed by atoms with Gasteiger partial charge in [-0.2, -0.15) is 0 Å². The van der Waals surface area contributed by atoms with Gasteiger partial charge in [-0.25, -0.2) is 4.98 Å². The molecule has 154 valence electrons. The van der Waals surface area contributed by atoms with Crippen LogP contribution in [0.5, 0.6) is 0 Å². The minimum absolute atomic E-state index is 0.144. The van der Waals surface area contributed by atoms with Crippen molar-refractivity contribution in [3.8, 4) is 22.4 Å². The molecule has 0 saturated heterocycles. The van der Waals surface area contributed by atoms with E-state index in [0.717, 1.165) is 39.0 Å². The number of rotatable bonds is 4. The van der Waals surface area contributed by atoms with E-state index in [2.05, 4.69) is 41.7 Å². The summed E-state index contributed by atoms with van der Waals surface area (Å²) in [6.07, 6.45) is 0. The van der Waals surface area contributed by atoms with E-state index < -0.39 is 0 Å². The zero-order valence-corrected chi connectivity index (χ0v) is 17.7. The van der Waals surface area contributed by atoms with E-state index in [9.17, 15) is 4.79 Å². The van der Waals surface area contributed by atoms with Gasteiger partial charge in [0.25, 0.3) is 5.91 Å². The molecule has 0 saturated carbocycles. The lowest BCUT2D eigenvalue weighted by molar-refractivity contribution is 0.102. The molecule has 0 fully saturated rings. The molecule has 0 bridgehead atoms. The summed E-state index contributed by atoms with van der Waals surface area (Å²) in [7, 11) is 0. The molecule has 0 spiro atoms. The topological polar surface area (TPSA) is 42.0 Å². The molecule has 3 heteroatoms. The maximum atomic E-state index is 13.2. The summed E-state index contributed by atoms with van der Waals surface area (Å²) in [5.41, 5.74) is 7.40. The Labute approximate surface area is 187 Å². The van der Waals surface area contributed by atoms with Crippen LogP contribution in [0.3, 0.4) is 0 Å². The number of hydrogen-bond acceptors (Lipinski definition) is 2. The number of hydrogen-bond donors (Lipinski definition) is 1. The Morgan fingerprint density at radius 1 is 0.688 bits per heavy atom. The molecule has 4 aromatic carbocycles. The molecule has 32 heavy (non-hydrogen) atoms. The van der Waals surface area contributed by atoms with E-state index in [-0.39, 0.29) is 5.91 Å². The molecule has 0 unspecified atom stereocenters. The third-order valence-electron chi connectivity index (χ3n) is 5.56. The van der Waals surface area contributed by atoms with Crippen LogP contribution in [0.2, 0.25) is 0 Å². The molecule has 1 aromatic heterocycles. The van der Waals surface area contributed by atoms with Gasteiger partial charge < -0.3 is 5.32 Å². The maximum Gasteiger partial charge on any atom is 0.256 e. The standard InChI is InChI=1S/C29H22N2O/c1-20-11-17-24(18-12-20)30-29(32)26-19-28(31-27-10-6-5-9-25(26)27)23-15-13-22(14-16-23)21-7-3-2-4-8-21/h2-19H,1H3,(H,30,32). The van der Waals surface area contributed by atoms with Crippen molar-refractivity contribution in [2.75, 3.05) is 5.32 Å². The van der Waals surface area contributed by atoms with Crippen LogP contribution in [0.15, 0.2) is 109 Å². The van der Waals surface area contributed by atoms with Gasteiger partial charge in [-0.15, -0.1) is 0 Å². The first-order valence-corrected chi connectivity index (χ1v) is 10.6. The van der Waals surface area contributed by atoms with Crippen LogP contribution in [0.25, 0.3) is 33.3 Å². The van der Waals surface area contributed by atoms with Crippen molar-refractivity contribution in [3.63, 3.8) is 0 Å². The van der Waals surface area contributed by atoms with E-state index in [1.165, 1.54) is 5.56 Å². The fourth-order valence-electron chi connectivity index (χ4n) is 3.81. The number of fused-ring (bicyclic) bond motifs is 1. The number of amides is 1. The summed E-state index contributed by atoms with van der Waals surface area (Å²) in [6.45, 7) is 2.03. The fraction of sp³-hybridized carbons (Fsp3) is 0.0345. The highest BCUT2D eigenvalue weighted by Gasteiger charge is 2.14. The summed E-state index contributed by atoms with van der Waals surface area (Å²) in [6, 6.07) is 36.0. The maximum absolute atomic E-state index is 13.2. The summed E-state index contributed by atoms with van der Waals surface area (Å²) in [5.74, 6) is -0.144. The Kier molecular flexibility index (Phi) is 5.22. The summed E-state index contributed by atoms with van der Waals surface area (Å²) in [5, 5.41) is 3.86. The molecule has 0 atom stereocenters. The number of benzene rings is 4. The number of carbonyl (C=O) groups is 1. The third kappa shape index (κ3) is 4.01. The Morgan fingerprint density at radius 3 is 2.06 bits per heavy atom. The van der Waals surface area contributed by atoms with E-state index in [1.54, 1.807) is 0 Å². The van der Waals surface area contributed by atoms with Gasteiger partial charge in [-0.05, 0) is 42.3 Å². The van der Waals surface area contributed by atoms with Crippen molar-refractivity contribution in [1.29, 1.82) is 0 Å². The van der Waals surface area contributed by atoms with Crippen molar-refractivity contribution < 1.29 is 4.79 Å². The first-order chi connectivity index (χ1) is 15.7. The molecule has 5 aromatic rings. The molecule has 1 heterocycles. The fourth-order valence-corrected chi connectivity index (χ4v) is 3.81. The number of nitrogens with one attached hydrogen (secondary N) is 1. The lowest BCUT2D eigenvalue weighted by atomic mass is 10.0. The van der Waals surface area contributed by atoms with Crippen molar-refractivity contribution in [2.24, 2.45) is 0 Å². The van der Waals surface area contributed by atoms with Gasteiger partial charge in [0.15, 0.2) is 0 Å². The van der Waals surface area contributed by atoms with Crippen molar-refractivity contribution in [1.82, 2.24) is 4.98 Å². The third-order valence-corrected chi connectivity index (χ3v) is 5.56. The van der Waals surface area contributed by atoms with Crippen molar-refractivity contribution in [3.05, 3.63) is 120 Å². The number of nitrogens with zero attached hydrogens (tertiary/aromatic N) is 1. The number of aryl methyl sites for hydroxylation is 1. The molecule has 0 aliphatic rings. The van der Waals surface area contributed by atoms with Crippen molar-refractivity contribution in [2.45, 2.75) is 6.92 Å². The van der Waals surface area contributed by atoms with Gasteiger partial charge in [0.1, 0.15) is 0 Å². The molecule has 0 radical (unpaired) electrons. The van der Waals surface area contributed by atoms with Crippen LogP contribution in [0.4, 0.5) is 5.69 Å². The van der Waals surface area contributed by atoms with Gasteiger partial charge in [0.2, 0.25) is 0 Å². The summed E-state index contributed by atoms with van der Waals surface area (Å²) in [4.78, 5) is 18.0. The lowest BCUT2D eigenvalue weighted by Gasteiger charge is -2.11. The molecule has 0 aliphatic carbocycles. The Hall–Kier alpha value is -4.24. The monoisotopic (exact) mass is 414 g/mol. The number of aromatic nitrogens is 1. The van der Waals surface area contributed by atoms with Crippen molar-refractivity contribution >= 4 is 22.5 Å². The SMILES string of the molecule is Cc1ccc(NC(=O)c2cc(-c3ccc(-c4ccccc4)cc3)nc3ccccc23)cc1. The number of anilines is 1. The van der Waals surface area contributed by atoms with Crippen LogP contribution >= 0.6 is 0 Å². The van der Waals surface area contributed by atoms with E-state index in [0.29, 0.717) is 5.56 Å². The smallest absolute Gasteiger partial charge is 0.256 e. The van der Waals surface area contributed by atoms with Crippen LogP contribution in [-0.2, 0) is 0 Å². The van der Waals surface area contributed by atoms with Gasteiger partial charge in [-0.3, -0.25) is 4.79 Å². The highest BCUT2D eigenvalue weighted by molar-refractivity contribution is 6.13. The molecule has 1 amide bonds. The second-order valence-electron chi connectivity index (χ2n) is 7.84. The second kappa shape index (κ2) is 8.48. The second-order valence-corrected chi connectivity index (χ2v) is 7.84. The number of para-hydroxylation sites is 1. The summed E-state index contributed by atoms with van der Waals surface area (Å²) < 4.78 is 0. The average molecular weight is 415 g/mol. The minimum atomic E-state index is -0.144. The molecule has 1 N–H and O–H groups in total. The first-order valence-electron chi connectivity index (χ1n) is 10.6. The van der Waals surface area contributed by atoms with Crippen LogP contribution in [0, 0.1) is 6.92 Å². The van der Waals surface area contributed by atoms with E-state index in [4.69, 9.17) is 4.98 Å². The highest BCUT2D eigenvalue weighted by atomic mass is 16.1. The largest absolute Gasteiger partial charge is 0.322 e. The van der Waals surface area contributed by atoms with Crippen LogP contribution in [-0.4, -0.2) is 10.9 Å². The minimum Gasteiger partial charge on any atom is -0.322 e. The predicted molar refractivity (Wildman–Crippen MR) is 132 cm³/mol. The zero-order chi connectivity index (χ0) is 21.9. The number of pyridine rings is 1. The highest BCUT2D eigenvalue weighted by Crippen LogP contribution is 2.28. The number of carbonyl (C=O) groups excluding carboxylic acids is 1. The summed E-state index contributed by atoms with van der Waals surface area (Å²) >= 11 is 0. The zero-order valence-electron chi connectivity index (χ0n) is 17.7. The predicted octanol–water partition coefficient (Wildman–Crippen LogP) is 7.13. The molecule has 3 nitrogen and oxygen atoms in total. The first kappa shape index (κ1) is 19.7.